The second-order valence-corrected chi connectivity index (χ2v) is 7.64. The van der Waals surface area contributed by atoms with Crippen LogP contribution >= 0.6 is 0 Å². The van der Waals surface area contributed by atoms with Gasteiger partial charge in [0.2, 0.25) is 0 Å². The number of benzene rings is 2. The molecule has 5 N–H and O–H groups in total. The lowest BCUT2D eigenvalue weighted by molar-refractivity contribution is 0.817. The number of allylic oxidation sites excluding steroid dienone is 1. The van der Waals surface area contributed by atoms with Crippen LogP contribution in [0.3, 0.4) is 0 Å². The molecule has 7 heteroatoms. The first-order valence-corrected chi connectivity index (χ1v) is 10.0. The standard InChI is InChI=1S/C12H15N.C11H12N6/c1-9-3-7-12(8-4-9)13-10(2)11-5-6-11;1-7-10(6-17(12)16-7)13-11-8-4-2-3-5-9(8)14-15-11/h3-4,7-8,11,13H,2,5-6H2,1H3;2-6H,12H2,1H3,(H2,13,14,15). The number of hydrogen-bond acceptors (Lipinski definition) is 5. The summed E-state index contributed by atoms with van der Waals surface area (Å²) in [5, 5.41) is 18.8. The number of aromatic amines is 1. The molecule has 0 aliphatic heterocycles. The summed E-state index contributed by atoms with van der Waals surface area (Å²) in [7, 11) is 0. The molecule has 0 unspecified atom stereocenters. The van der Waals surface area contributed by atoms with Gasteiger partial charge in [-0.1, -0.05) is 36.4 Å². The molecule has 1 aliphatic carbocycles. The monoisotopic (exact) mass is 401 g/mol. The minimum atomic E-state index is 0.723. The van der Waals surface area contributed by atoms with Gasteiger partial charge in [-0.05, 0) is 56.9 Å². The third-order valence-corrected chi connectivity index (χ3v) is 5.07. The van der Waals surface area contributed by atoms with Crippen LogP contribution in [0.25, 0.3) is 10.9 Å². The van der Waals surface area contributed by atoms with Gasteiger partial charge in [0.25, 0.3) is 0 Å². The number of H-pyrrole nitrogens is 1. The highest BCUT2D eigenvalue weighted by Gasteiger charge is 2.24. The van der Waals surface area contributed by atoms with Crippen LogP contribution in [0.5, 0.6) is 0 Å². The number of rotatable bonds is 5. The maximum Gasteiger partial charge on any atom is 0.160 e. The zero-order chi connectivity index (χ0) is 21.1. The molecule has 2 heterocycles. The lowest BCUT2D eigenvalue weighted by Gasteiger charge is -2.08. The van der Waals surface area contributed by atoms with Crippen LogP contribution in [0.4, 0.5) is 17.2 Å². The van der Waals surface area contributed by atoms with Gasteiger partial charge in [0.15, 0.2) is 5.82 Å². The maximum atomic E-state index is 5.56. The molecule has 0 atom stereocenters. The third kappa shape index (κ3) is 4.63. The summed E-state index contributed by atoms with van der Waals surface area (Å²) in [5.74, 6) is 7.06. The Balaban J connectivity index is 0.000000151. The summed E-state index contributed by atoms with van der Waals surface area (Å²) in [6.07, 6.45) is 4.33. The molecular formula is C23H27N7. The van der Waals surface area contributed by atoms with Crippen molar-refractivity contribution in [3.05, 3.63) is 78.3 Å². The molecule has 1 aliphatic rings. The van der Waals surface area contributed by atoms with E-state index in [1.807, 2.05) is 31.2 Å². The van der Waals surface area contributed by atoms with Crippen molar-refractivity contribution in [3.8, 4) is 0 Å². The predicted octanol–water partition coefficient (Wildman–Crippen LogP) is 4.86. The highest BCUT2D eigenvalue weighted by atomic mass is 15.5. The van der Waals surface area contributed by atoms with Crippen molar-refractivity contribution in [3.63, 3.8) is 0 Å². The van der Waals surface area contributed by atoms with Gasteiger partial charge in [0.1, 0.15) is 0 Å². The fourth-order valence-electron chi connectivity index (χ4n) is 3.15. The van der Waals surface area contributed by atoms with E-state index < -0.39 is 0 Å². The van der Waals surface area contributed by atoms with Crippen molar-refractivity contribution >= 4 is 28.1 Å². The van der Waals surface area contributed by atoms with Gasteiger partial charge in [0, 0.05) is 16.8 Å². The third-order valence-electron chi connectivity index (χ3n) is 5.07. The van der Waals surface area contributed by atoms with Crippen LogP contribution in [0, 0.1) is 19.8 Å². The topological polar surface area (TPSA) is 96.6 Å². The number of nitrogens with zero attached hydrogens (tertiary/aromatic N) is 3. The minimum Gasteiger partial charge on any atom is -0.359 e. The van der Waals surface area contributed by atoms with Gasteiger partial charge >= 0.3 is 0 Å². The van der Waals surface area contributed by atoms with Gasteiger partial charge in [-0.15, -0.1) is 0 Å². The van der Waals surface area contributed by atoms with E-state index >= 15 is 0 Å². The number of fused-ring (bicyclic) bond motifs is 1. The Labute approximate surface area is 176 Å². The highest BCUT2D eigenvalue weighted by Crippen LogP contribution is 2.35. The molecule has 154 valence electrons. The molecule has 0 saturated heterocycles. The number of nitrogen functional groups attached to an aromatic ring is 1. The Morgan fingerprint density at radius 1 is 1.13 bits per heavy atom. The molecule has 0 bridgehead atoms. The van der Waals surface area contributed by atoms with Gasteiger partial charge in [-0.2, -0.15) is 15.0 Å². The van der Waals surface area contributed by atoms with Crippen molar-refractivity contribution in [1.82, 2.24) is 20.1 Å². The number of nitrogens with two attached hydrogens (primary N) is 1. The molecule has 2 aromatic heterocycles. The van der Waals surface area contributed by atoms with Crippen molar-refractivity contribution in [2.75, 3.05) is 16.5 Å². The molecule has 1 saturated carbocycles. The van der Waals surface area contributed by atoms with Gasteiger partial charge in [0.05, 0.1) is 23.1 Å². The maximum absolute atomic E-state index is 5.56. The van der Waals surface area contributed by atoms with E-state index in [4.69, 9.17) is 5.84 Å². The molecular weight excluding hydrogens is 374 g/mol. The molecule has 2 aromatic carbocycles. The number of aryl methyl sites for hydroxylation is 2. The molecule has 4 aromatic rings. The first-order valence-electron chi connectivity index (χ1n) is 10.0. The average Bonchev–Trinajstić information content (AvgIpc) is 3.44. The largest absolute Gasteiger partial charge is 0.359 e. The fraction of sp³-hybridized carbons (Fsp3) is 0.217. The van der Waals surface area contributed by atoms with E-state index in [1.54, 1.807) is 6.20 Å². The molecule has 0 amide bonds. The zero-order valence-corrected chi connectivity index (χ0v) is 17.3. The van der Waals surface area contributed by atoms with E-state index in [9.17, 15) is 0 Å². The second-order valence-electron chi connectivity index (χ2n) is 7.64. The van der Waals surface area contributed by atoms with E-state index in [1.165, 1.54) is 28.9 Å². The quantitative estimate of drug-likeness (QED) is 0.358. The molecule has 0 radical (unpaired) electrons. The van der Waals surface area contributed by atoms with E-state index in [-0.39, 0.29) is 0 Å². The van der Waals surface area contributed by atoms with Crippen LogP contribution in [-0.2, 0) is 0 Å². The summed E-state index contributed by atoms with van der Waals surface area (Å²) >= 11 is 0. The summed E-state index contributed by atoms with van der Waals surface area (Å²) in [4.78, 5) is 1.28. The number of nitrogens with one attached hydrogen (secondary N) is 3. The van der Waals surface area contributed by atoms with Crippen LogP contribution in [0.2, 0.25) is 0 Å². The van der Waals surface area contributed by atoms with Crippen molar-refractivity contribution in [2.45, 2.75) is 26.7 Å². The lowest BCUT2D eigenvalue weighted by Crippen LogP contribution is -2.07. The number of anilines is 3. The average molecular weight is 402 g/mol. The summed E-state index contributed by atoms with van der Waals surface area (Å²) in [6.45, 7) is 8.01. The fourth-order valence-corrected chi connectivity index (χ4v) is 3.15. The van der Waals surface area contributed by atoms with E-state index in [0.717, 1.165) is 39.7 Å². The molecule has 0 spiro atoms. The predicted molar refractivity (Wildman–Crippen MR) is 123 cm³/mol. The Morgan fingerprint density at radius 3 is 2.53 bits per heavy atom. The van der Waals surface area contributed by atoms with Gasteiger partial charge in [-0.3, -0.25) is 5.10 Å². The van der Waals surface area contributed by atoms with Gasteiger partial charge in [-0.25, -0.2) is 0 Å². The van der Waals surface area contributed by atoms with Crippen LogP contribution in [0.1, 0.15) is 24.1 Å². The van der Waals surface area contributed by atoms with Crippen molar-refractivity contribution in [2.24, 2.45) is 5.92 Å². The zero-order valence-electron chi connectivity index (χ0n) is 17.3. The van der Waals surface area contributed by atoms with Crippen molar-refractivity contribution < 1.29 is 0 Å². The summed E-state index contributed by atoms with van der Waals surface area (Å²) in [5.41, 5.74) is 6.30. The Morgan fingerprint density at radius 2 is 1.87 bits per heavy atom. The van der Waals surface area contributed by atoms with Crippen LogP contribution in [0.15, 0.2) is 67.0 Å². The number of hydrogen-bond donors (Lipinski definition) is 4. The number of para-hydroxylation sites is 1. The smallest absolute Gasteiger partial charge is 0.160 e. The molecule has 7 nitrogen and oxygen atoms in total. The normalized spacial score (nSPS) is 12.9. The number of aromatic nitrogens is 4. The summed E-state index contributed by atoms with van der Waals surface area (Å²) in [6, 6.07) is 16.3. The molecule has 1 fully saturated rings. The summed E-state index contributed by atoms with van der Waals surface area (Å²) < 4.78 is 0. The second kappa shape index (κ2) is 8.32. The first kappa shape index (κ1) is 19.6. The molecule has 30 heavy (non-hydrogen) atoms. The van der Waals surface area contributed by atoms with Crippen LogP contribution in [-0.4, -0.2) is 20.1 Å². The van der Waals surface area contributed by atoms with Crippen LogP contribution < -0.4 is 16.5 Å². The Hall–Kier alpha value is -3.74. The lowest BCUT2D eigenvalue weighted by atomic mass is 10.2. The Kier molecular flexibility index (Phi) is 5.43. The van der Waals surface area contributed by atoms with E-state index in [0.29, 0.717) is 0 Å². The van der Waals surface area contributed by atoms with Crippen molar-refractivity contribution in [1.29, 1.82) is 0 Å². The highest BCUT2D eigenvalue weighted by molar-refractivity contribution is 5.91. The molecule has 5 rings (SSSR count). The minimum absolute atomic E-state index is 0.723. The SMILES string of the molecule is C=C(Nc1ccc(C)cc1)C1CC1.Cc1nn(N)cc1Nc1n[nH]c2ccccc12. The van der Waals surface area contributed by atoms with E-state index in [2.05, 4.69) is 63.7 Å². The first-order chi connectivity index (χ1) is 14.5. The Bertz CT molecular complexity index is 1150. The van der Waals surface area contributed by atoms with Gasteiger partial charge < -0.3 is 16.5 Å².